The first-order valence-corrected chi connectivity index (χ1v) is 6.85. The smallest absolute Gasteiger partial charge is 0.251 e. The predicted octanol–water partition coefficient (Wildman–Crippen LogP) is 2.25. The average molecular weight is 264 g/mol. The Hall–Kier alpha value is -1.42. The second kappa shape index (κ2) is 6.15. The van der Waals surface area contributed by atoms with Crippen LogP contribution in [0.2, 0.25) is 0 Å². The Labute approximate surface area is 113 Å². The second-order valence-electron chi connectivity index (χ2n) is 5.35. The third kappa shape index (κ3) is 3.53. The van der Waals surface area contributed by atoms with Gasteiger partial charge in [0.2, 0.25) is 0 Å². The van der Waals surface area contributed by atoms with Crippen LogP contribution >= 0.6 is 0 Å². The van der Waals surface area contributed by atoms with E-state index >= 15 is 0 Å². The molecular formula is C15H21FN2O. The third-order valence-electron chi connectivity index (χ3n) is 3.83. The van der Waals surface area contributed by atoms with E-state index in [0.717, 1.165) is 6.54 Å². The fourth-order valence-corrected chi connectivity index (χ4v) is 2.48. The molecule has 0 aromatic heterocycles. The molecule has 1 heterocycles. The zero-order chi connectivity index (χ0) is 13.8. The molecule has 2 N–H and O–H groups in total. The normalized spacial score (nSPS) is 23.1. The highest BCUT2D eigenvalue weighted by molar-refractivity contribution is 5.94. The summed E-state index contributed by atoms with van der Waals surface area (Å²) in [4.78, 5) is 12.0. The molecule has 0 saturated carbocycles. The van der Waals surface area contributed by atoms with Crippen molar-refractivity contribution in [1.29, 1.82) is 0 Å². The van der Waals surface area contributed by atoms with Crippen LogP contribution in [0.15, 0.2) is 18.2 Å². The van der Waals surface area contributed by atoms with Gasteiger partial charge in [-0.25, -0.2) is 4.39 Å². The molecule has 2 atom stereocenters. The van der Waals surface area contributed by atoms with Crippen LogP contribution in [0.1, 0.15) is 35.7 Å². The summed E-state index contributed by atoms with van der Waals surface area (Å²) in [7, 11) is 0. The predicted molar refractivity (Wildman–Crippen MR) is 73.7 cm³/mol. The maximum atomic E-state index is 13.1. The van der Waals surface area contributed by atoms with E-state index in [4.69, 9.17) is 0 Å². The maximum Gasteiger partial charge on any atom is 0.251 e. The van der Waals surface area contributed by atoms with Gasteiger partial charge < -0.3 is 10.6 Å². The highest BCUT2D eigenvalue weighted by Gasteiger charge is 2.21. The van der Waals surface area contributed by atoms with E-state index in [1.807, 2.05) is 0 Å². The van der Waals surface area contributed by atoms with E-state index in [1.54, 1.807) is 13.0 Å². The van der Waals surface area contributed by atoms with Crippen LogP contribution in [0.5, 0.6) is 0 Å². The molecule has 1 aromatic carbocycles. The highest BCUT2D eigenvalue weighted by Crippen LogP contribution is 2.15. The van der Waals surface area contributed by atoms with Gasteiger partial charge in [0.15, 0.2) is 0 Å². The SMILES string of the molecule is Cc1cc(C(=O)NCC2NCCCC2C)ccc1F. The van der Waals surface area contributed by atoms with Gasteiger partial charge in [-0.2, -0.15) is 0 Å². The lowest BCUT2D eigenvalue weighted by Gasteiger charge is -2.30. The molecule has 2 rings (SSSR count). The largest absolute Gasteiger partial charge is 0.350 e. The standard InChI is InChI=1S/C15H21FN2O/c1-10-4-3-7-17-14(10)9-18-15(19)12-5-6-13(16)11(2)8-12/h5-6,8,10,14,17H,3-4,7,9H2,1-2H3,(H,18,19). The number of halogens is 1. The molecule has 2 unspecified atom stereocenters. The van der Waals surface area contributed by atoms with Crippen molar-refractivity contribution in [2.24, 2.45) is 5.92 Å². The van der Waals surface area contributed by atoms with Gasteiger partial charge in [0.05, 0.1) is 0 Å². The van der Waals surface area contributed by atoms with E-state index in [9.17, 15) is 9.18 Å². The Morgan fingerprint density at radius 2 is 2.32 bits per heavy atom. The van der Waals surface area contributed by atoms with Crippen LogP contribution in [0.4, 0.5) is 4.39 Å². The van der Waals surface area contributed by atoms with E-state index in [1.165, 1.54) is 25.0 Å². The zero-order valence-corrected chi connectivity index (χ0v) is 11.5. The molecule has 1 aliphatic rings. The van der Waals surface area contributed by atoms with E-state index in [2.05, 4.69) is 17.6 Å². The Balaban J connectivity index is 1.91. The van der Waals surface area contributed by atoms with Gasteiger partial charge >= 0.3 is 0 Å². The second-order valence-corrected chi connectivity index (χ2v) is 5.35. The first-order valence-electron chi connectivity index (χ1n) is 6.85. The van der Waals surface area contributed by atoms with Crippen LogP contribution in [0.3, 0.4) is 0 Å². The summed E-state index contributed by atoms with van der Waals surface area (Å²) in [6.07, 6.45) is 2.39. The van der Waals surface area contributed by atoms with Crippen LogP contribution < -0.4 is 10.6 Å². The minimum Gasteiger partial charge on any atom is -0.350 e. The van der Waals surface area contributed by atoms with Crippen molar-refractivity contribution in [3.8, 4) is 0 Å². The van der Waals surface area contributed by atoms with Crippen molar-refractivity contribution >= 4 is 5.91 Å². The fraction of sp³-hybridized carbons (Fsp3) is 0.533. The quantitative estimate of drug-likeness (QED) is 0.879. The molecule has 19 heavy (non-hydrogen) atoms. The Morgan fingerprint density at radius 3 is 3.00 bits per heavy atom. The average Bonchev–Trinajstić information content (AvgIpc) is 2.40. The molecule has 1 fully saturated rings. The van der Waals surface area contributed by atoms with E-state index < -0.39 is 0 Å². The Bertz CT molecular complexity index is 461. The van der Waals surface area contributed by atoms with E-state index in [-0.39, 0.29) is 11.7 Å². The number of piperidine rings is 1. The fourth-order valence-electron chi connectivity index (χ4n) is 2.48. The molecule has 1 aliphatic heterocycles. The van der Waals surface area contributed by atoms with Crippen molar-refractivity contribution in [3.05, 3.63) is 35.1 Å². The number of nitrogens with one attached hydrogen (secondary N) is 2. The van der Waals surface area contributed by atoms with Crippen molar-refractivity contribution in [2.45, 2.75) is 32.7 Å². The van der Waals surface area contributed by atoms with Crippen molar-refractivity contribution in [2.75, 3.05) is 13.1 Å². The van der Waals surface area contributed by atoms with E-state index in [0.29, 0.717) is 29.6 Å². The lowest BCUT2D eigenvalue weighted by Crippen LogP contribution is -2.47. The van der Waals surface area contributed by atoms with Crippen LogP contribution in [-0.4, -0.2) is 25.0 Å². The molecular weight excluding hydrogens is 243 g/mol. The molecule has 1 saturated heterocycles. The summed E-state index contributed by atoms with van der Waals surface area (Å²) in [5.41, 5.74) is 1.01. The first-order chi connectivity index (χ1) is 9.08. The Kier molecular flexibility index (Phi) is 4.53. The van der Waals surface area contributed by atoms with Crippen LogP contribution in [0.25, 0.3) is 0 Å². The number of amides is 1. The molecule has 104 valence electrons. The van der Waals surface area contributed by atoms with Gasteiger partial charge in [0.25, 0.3) is 5.91 Å². The molecule has 0 spiro atoms. The van der Waals surface area contributed by atoms with Gasteiger partial charge in [0.1, 0.15) is 5.82 Å². The lowest BCUT2D eigenvalue weighted by atomic mass is 9.93. The van der Waals surface area contributed by atoms with Crippen molar-refractivity contribution in [1.82, 2.24) is 10.6 Å². The number of benzene rings is 1. The highest BCUT2D eigenvalue weighted by atomic mass is 19.1. The molecule has 1 aromatic rings. The summed E-state index contributed by atoms with van der Waals surface area (Å²) in [5.74, 6) is 0.158. The molecule has 3 nitrogen and oxygen atoms in total. The van der Waals surface area contributed by atoms with Crippen molar-refractivity contribution < 1.29 is 9.18 Å². The maximum absolute atomic E-state index is 13.1. The van der Waals surface area contributed by atoms with Gasteiger partial charge in [-0.3, -0.25) is 4.79 Å². The summed E-state index contributed by atoms with van der Waals surface area (Å²) >= 11 is 0. The third-order valence-corrected chi connectivity index (χ3v) is 3.83. The first kappa shape index (κ1) is 14.0. The number of hydrogen-bond acceptors (Lipinski definition) is 2. The summed E-state index contributed by atoms with van der Waals surface area (Å²) < 4.78 is 13.1. The summed E-state index contributed by atoms with van der Waals surface area (Å²) in [6.45, 7) is 5.50. The van der Waals surface area contributed by atoms with Crippen molar-refractivity contribution in [3.63, 3.8) is 0 Å². The molecule has 0 bridgehead atoms. The Morgan fingerprint density at radius 1 is 1.53 bits per heavy atom. The minimum atomic E-state index is -0.279. The molecule has 4 heteroatoms. The van der Waals surface area contributed by atoms with Gasteiger partial charge in [-0.05, 0) is 56.0 Å². The van der Waals surface area contributed by atoms with Gasteiger partial charge in [-0.15, -0.1) is 0 Å². The number of aryl methyl sites for hydroxylation is 1. The minimum absolute atomic E-state index is 0.136. The summed E-state index contributed by atoms with van der Waals surface area (Å²) in [6, 6.07) is 4.78. The molecule has 1 amide bonds. The monoisotopic (exact) mass is 264 g/mol. The number of hydrogen-bond donors (Lipinski definition) is 2. The van der Waals surface area contributed by atoms with Gasteiger partial charge in [-0.1, -0.05) is 6.92 Å². The number of carbonyl (C=O) groups is 1. The van der Waals surface area contributed by atoms with Crippen LogP contribution in [-0.2, 0) is 0 Å². The summed E-state index contributed by atoms with van der Waals surface area (Å²) in [5, 5.41) is 6.34. The molecule has 0 aliphatic carbocycles. The number of carbonyl (C=O) groups excluding carboxylic acids is 1. The van der Waals surface area contributed by atoms with Gasteiger partial charge in [0, 0.05) is 18.2 Å². The lowest BCUT2D eigenvalue weighted by molar-refractivity contribution is 0.0943. The number of rotatable bonds is 3. The van der Waals surface area contributed by atoms with Crippen LogP contribution in [0, 0.1) is 18.7 Å². The molecule has 0 radical (unpaired) electrons. The topological polar surface area (TPSA) is 41.1 Å². The zero-order valence-electron chi connectivity index (χ0n) is 11.5.